The lowest BCUT2D eigenvalue weighted by Gasteiger charge is -1.97. The number of nitrogen functional groups attached to an aromatic ring is 1. The highest BCUT2D eigenvalue weighted by molar-refractivity contribution is 9.10. The molecule has 0 spiro atoms. The lowest BCUT2D eigenvalue weighted by atomic mass is 10.3. The molecule has 3 N–H and O–H groups in total. The van der Waals surface area contributed by atoms with Crippen LogP contribution in [-0.4, -0.2) is 9.97 Å². The minimum absolute atomic E-state index is 0.733. The molecule has 11 heavy (non-hydrogen) atoms. The standard InChI is InChI=1S/C7H6BrN3/c8-5-3-11-7-4(6(5)9)1-2-10-7/h1-3H,(H3,9,10,11). The lowest BCUT2D eigenvalue weighted by molar-refractivity contribution is 1.32. The van der Waals surface area contributed by atoms with Crippen molar-refractivity contribution >= 4 is 32.7 Å². The van der Waals surface area contributed by atoms with Gasteiger partial charge in [-0.15, -0.1) is 0 Å². The van der Waals surface area contributed by atoms with E-state index in [1.807, 2.05) is 12.3 Å². The first-order valence-electron chi connectivity index (χ1n) is 3.16. The van der Waals surface area contributed by atoms with Crippen LogP contribution < -0.4 is 5.73 Å². The van der Waals surface area contributed by atoms with E-state index in [9.17, 15) is 0 Å². The second-order valence-electron chi connectivity index (χ2n) is 2.26. The van der Waals surface area contributed by atoms with Gasteiger partial charge in [0.1, 0.15) is 5.65 Å². The number of hydrogen-bond donors (Lipinski definition) is 2. The Kier molecular flexibility index (Phi) is 1.35. The maximum Gasteiger partial charge on any atom is 0.139 e. The van der Waals surface area contributed by atoms with Gasteiger partial charge in [0, 0.05) is 17.8 Å². The van der Waals surface area contributed by atoms with E-state index in [1.54, 1.807) is 6.20 Å². The molecule has 0 bridgehead atoms. The van der Waals surface area contributed by atoms with Crippen LogP contribution in [0.15, 0.2) is 22.9 Å². The fraction of sp³-hybridized carbons (Fsp3) is 0. The Bertz CT molecular complexity index is 393. The van der Waals surface area contributed by atoms with Crippen LogP contribution in [0.1, 0.15) is 0 Å². The van der Waals surface area contributed by atoms with Gasteiger partial charge in [0.15, 0.2) is 0 Å². The molecule has 0 aliphatic rings. The molecule has 0 atom stereocenters. The van der Waals surface area contributed by atoms with Crippen LogP contribution in [0, 0.1) is 0 Å². The number of nitrogens with two attached hydrogens (primary N) is 1. The zero-order valence-corrected chi connectivity index (χ0v) is 7.22. The zero-order valence-electron chi connectivity index (χ0n) is 5.63. The number of nitrogens with zero attached hydrogens (tertiary/aromatic N) is 1. The van der Waals surface area contributed by atoms with Crippen LogP contribution in [0.3, 0.4) is 0 Å². The van der Waals surface area contributed by atoms with Crippen molar-refractivity contribution in [3.63, 3.8) is 0 Å². The predicted molar refractivity (Wildman–Crippen MR) is 48.2 cm³/mol. The first-order chi connectivity index (χ1) is 5.29. The average Bonchev–Trinajstić information content (AvgIpc) is 2.45. The monoisotopic (exact) mass is 211 g/mol. The molecule has 2 aromatic rings. The van der Waals surface area contributed by atoms with Gasteiger partial charge in [0.2, 0.25) is 0 Å². The third-order valence-electron chi connectivity index (χ3n) is 1.58. The molecule has 0 fully saturated rings. The van der Waals surface area contributed by atoms with Crippen LogP contribution in [0.2, 0.25) is 0 Å². The van der Waals surface area contributed by atoms with Gasteiger partial charge in [-0.1, -0.05) is 0 Å². The van der Waals surface area contributed by atoms with E-state index in [0.29, 0.717) is 0 Å². The number of H-pyrrole nitrogens is 1. The van der Waals surface area contributed by atoms with Gasteiger partial charge in [-0.05, 0) is 22.0 Å². The van der Waals surface area contributed by atoms with Crippen molar-refractivity contribution in [2.45, 2.75) is 0 Å². The zero-order chi connectivity index (χ0) is 7.84. The van der Waals surface area contributed by atoms with Gasteiger partial charge in [-0.2, -0.15) is 0 Å². The Morgan fingerprint density at radius 1 is 1.55 bits per heavy atom. The Hall–Kier alpha value is -1.03. The number of anilines is 1. The molecule has 0 radical (unpaired) electrons. The van der Waals surface area contributed by atoms with Crippen molar-refractivity contribution < 1.29 is 0 Å². The number of pyridine rings is 1. The van der Waals surface area contributed by atoms with Gasteiger partial charge in [-0.3, -0.25) is 0 Å². The topological polar surface area (TPSA) is 54.7 Å². The molecular formula is C7H6BrN3. The molecule has 0 unspecified atom stereocenters. The van der Waals surface area contributed by atoms with Gasteiger partial charge >= 0.3 is 0 Å². The van der Waals surface area contributed by atoms with Crippen LogP contribution in [-0.2, 0) is 0 Å². The Morgan fingerprint density at radius 2 is 2.36 bits per heavy atom. The molecule has 56 valence electrons. The highest BCUT2D eigenvalue weighted by Crippen LogP contribution is 2.25. The van der Waals surface area contributed by atoms with Crippen LogP contribution in [0.5, 0.6) is 0 Å². The van der Waals surface area contributed by atoms with Crippen molar-refractivity contribution in [3.05, 3.63) is 22.9 Å². The van der Waals surface area contributed by atoms with E-state index in [-0.39, 0.29) is 0 Å². The molecule has 3 nitrogen and oxygen atoms in total. The first-order valence-corrected chi connectivity index (χ1v) is 3.95. The van der Waals surface area contributed by atoms with Crippen molar-refractivity contribution in [1.29, 1.82) is 0 Å². The minimum Gasteiger partial charge on any atom is -0.397 e. The summed E-state index contributed by atoms with van der Waals surface area (Å²) < 4.78 is 0.838. The second-order valence-corrected chi connectivity index (χ2v) is 3.11. The Morgan fingerprint density at radius 3 is 3.18 bits per heavy atom. The highest BCUT2D eigenvalue weighted by Gasteiger charge is 2.02. The maximum absolute atomic E-state index is 5.76. The molecule has 0 saturated carbocycles. The summed E-state index contributed by atoms with van der Waals surface area (Å²) >= 11 is 3.30. The Labute approximate surface area is 71.7 Å². The van der Waals surface area contributed by atoms with Crippen LogP contribution >= 0.6 is 15.9 Å². The van der Waals surface area contributed by atoms with Crippen molar-refractivity contribution in [2.24, 2.45) is 0 Å². The van der Waals surface area contributed by atoms with E-state index in [2.05, 4.69) is 25.9 Å². The number of aromatic amines is 1. The summed E-state index contributed by atoms with van der Waals surface area (Å²) in [4.78, 5) is 7.09. The van der Waals surface area contributed by atoms with Gasteiger partial charge < -0.3 is 10.7 Å². The molecule has 4 heteroatoms. The van der Waals surface area contributed by atoms with Crippen molar-refractivity contribution in [1.82, 2.24) is 9.97 Å². The number of halogens is 1. The summed E-state index contributed by atoms with van der Waals surface area (Å²) in [5, 5.41) is 0.958. The summed E-state index contributed by atoms with van der Waals surface area (Å²) in [7, 11) is 0. The fourth-order valence-electron chi connectivity index (χ4n) is 1.00. The summed E-state index contributed by atoms with van der Waals surface area (Å²) in [5.74, 6) is 0. The van der Waals surface area contributed by atoms with Crippen LogP contribution in [0.25, 0.3) is 11.0 Å². The van der Waals surface area contributed by atoms with Gasteiger partial charge in [0.05, 0.1) is 10.2 Å². The number of hydrogen-bond acceptors (Lipinski definition) is 2. The molecule has 2 heterocycles. The van der Waals surface area contributed by atoms with Crippen molar-refractivity contribution in [3.8, 4) is 0 Å². The lowest BCUT2D eigenvalue weighted by Crippen LogP contribution is -1.88. The normalized spacial score (nSPS) is 10.6. The van der Waals surface area contributed by atoms with E-state index >= 15 is 0 Å². The molecule has 0 aliphatic carbocycles. The smallest absolute Gasteiger partial charge is 0.139 e. The summed E-state index contributed by atoms with van der Waals surface area (Å²) in [5.41, 5.74) is 7.31. The molecule has 0 aliphatic heterocycles. The van der Waals surface area contributed by atoms with Crippen LogP contribution in [0.4, 0.5) is 5.69 Å². The predicted octanol–water partition coefficient (Wildman–Crippen LogP) is 1.91. The molecule has 0 aromatic carbocycles. The van der Waals surface area contributed by atoms with E-state index < -0.39 is 0 Å². The summed E-state index contributed by atoms with van der Waals surface area (Å²) in [6.45, 7) is 0. The molecule has 2 aromatic heterocycles. The molecule has 0 amide bonds. The summed E-state index contributed by atoms with van der Waals surface area (Å²) in [6.07, 6.45) is 3.51. The third-order valence-corrected chi connectivity index (χ3v) is 2.21. The van der Waals surface area contributed by atoms with E-state index in [0.717, 1.165) is 21.2 Å². The number of nitrogens with one attached hydrogen (secondary N) is 1. The highest BCUT2D eigenvalue weighted by atomic mass is 79.9. The number of aromatic nitrogens is 2. The third kappa shape index (κ3) is 0.903. The van der Waals surface area contributed by atoms with E-state index in [4.69, 9.17) is 5.73 Å². The summed E-state index contributed by atoms with van der Waals surface area (Å²) in [6, 6.07) is 1.91. The molecular weight excluding hydrogens is 206 g/mol. The largest absolute Gasteiger partial charge is 0.397 e. The Balaban J connectivity index is 2.93. The quantitative estimate of drug-likeness (QED) is 0.700. The number of rotatable bonds is 0. The minimum atomic E-state index is 0.733. The SMILES string of the molecule is Nc1c(Br)cnc2[nH]ccc12. The average molecular weight is 212 g/mol. The van der Waals surface area contributed by atoms with Crippen molar-refractivity contribution in [2.75, 3.05) is 5.73 Å². The fourth-order valence-corrected chi connectivity index (χ4v) is 1.32. The maximum atomic E-state index is 5.76. The second kappa shape index (κ2) is 2.23. The number of fused-ring (bicyclic) bond motifs is 1. The van der Waals surface area contributed by atoms with E-state index in [1.165, 1.54) is 0 Å². The van der Waals surface area contributed by atoms with Gasteiger partial charge in [-0.25, -0.2) is 4.98 Å². The molecule has 2 rings (SSSR count). The first kappa shape index (κ1) is 6.67. The molecule has 0 saturated heterocycles. The van der Waals surface area contributed by atoms with Gasteiger partial charge in [0.25, 0.3) is 0 Å².